The van der Waals surface area contributed by atoms with Crippen molar-refractivity contribution in [2.75, 3.05) is 35.4 Å². The minimum absolute atomic E-state index is 0.106. The monoisotopic (exact) mass is 615 g/mol. The summed E-state index contributed by atoms with van der Waals surface area (Å²) in [5.41, 5.74) is 5.85. The number of carbonyl (C=O) groups is 3. The normalized spacial score (nSPS) is 11.7. The van der Waals surface area contributed by atoms with Gasteiger partial charge in [-0.05, 0) is 85.0 Å². The predicted molar refractivity (Wildman–Crippen MR) is 182 cm³/mol. The van der Waals surface area contributed by atoms with Gasteiger partial charge in [-0.2, -0.15) is 0 Å². The minimum Gasteiger partial charge on any atom is -0.428 e. The number of anilines is 3. The van der Waals surface area contributed by atoms with E-state index in [-0.39, 0.29) is 18.4 Å². The van der Waals surface area contributed by atoms with E-state index in [1.54, 1.807) is 12.1 Å². The van der Waals surface area contributed by atoms with E-state index in [1.165, 1.54) is 0 Å². The second-order valence-electron chi connectivity index (χ2n) is 12.3. The molecule has 3 aromatic carbocycles. The number of aryl methyl sites for hydroxylation is 2. The number of nitrogens with zero attached hydrogens (tertiary/aromatic N) is 1. The summed E-state index contributed by atoms with van der Waals surface area (Å²) in [7, 11) is 0. The van der Waals surface area contributed by atoms with Crippen LogP contribution in [0, 0.1) is 18.8 Å². The Morgan fingerprint density at radius 2 is 1.44 bits per heavy atom. The maximum atomic E-state index is 13.2. The van der Waals surface area contributed by atoms with Crippen LogP contribution in [-0.4, -0.2) is 37.9 Å². The average Bonchev–Trinajstić information content (AvgIpc) is 3.00. The summed E-state index contributed by atoms with van der Waals surface area (Å²) in [6.07, 6.45) is 1.66. The molecule has 1 atom stereocenters. The van der Waals surface area contributed by atoms with Crippen molar-refractivity contribution in [3.05, 3.63) is 89.0 Å². The molecule has 8 nitrogen and oxygen atoms in total. The molecular weight excluding hydrogens is 566 g/mol. The highest BCUT2D eigenvalue weighted by Crippen LogP contribution is 2.34. The number of hydrogen-bond acceptors (Lipinski definition) is 6. The van der Waals surface area contributed by atoms with Gasteiger partial charge in [0.15, 0.2) is 0 Å². The lowest BCUT2D eigenvalue weighted by Gasteiger charge is -2.31. The minimum atomic E-state index is -0.542. The fourth-order valence-corrected chi connectivity index (χ4v) is 5.12. The fourth-order valence-electron chi connectivity index (χ4n) is 5.12. The zero-order chi connectivity index (χ0) is 32.9. The smallest absolute Gasteiger partial charge is 0.340 e. The number of nitrogens with one attached hydrogen (secondary N) is 2. The molecule has 0 saturated carbocycles. The molecule has 0 aliphatic heterocycles. The van der Waals surface area contributed by atoms with Gasteiger partial charge in [0, 0.05) is 18.8 Å². The van der Waals surface area contributed by atoms with E-state index in [4.69, 9.17) is 9.47 Å². The molecule has 2 amide bonds. The topological polar surface area (TPSA) is 97.0 Å². The number of carbonyl (C=O) groups excluding carboxylic acids is 3. The summed E-state index contributed by atoms with van der Waals surface area (Å²) in [6.45, 7) is 16.0. The van der Waals surface area contributed by atoms with E-state index < -0.39 is 18.7 Å². The van der Waals surface area contributed by atoms with Crippen LogP contribution in [0.3, 0.4) is 0 Å². The Hall–Kier alpha value is -4.33. The van der Waals surface area contributed by atoms with Crippen LogP contribution < -0.4 is 15.5 Å². The predicted octanol–water partition coefficient (Wildman–Crippen LogP) is 8.56. The van der Waals surface area contributed by atoms with Crippen LogP contribution in [0.15, 0.2) is 66.7 Å². The molecule has 242 valence electrons. The number of esters is 2. The molecule has 2 N–H and O–H groups in total. The van der Waals surface area contributed by atoms with Crippen molar-refractivity contribution < 1.29 is 23.9 Å². The van der Waals surface area contributed by atoms with Gasteiger partial charge in [0.1, 0.15) is 0 Å². The molecule has 0 aliphatic rings. The third kappa shape index (κ3) is 11.3. The van der Waals surface area contributed by atoms with Crippen LogP contribution in [0.25, 0.3) is 0 Å². The Balaban J connectivity index is 1.75. The average molecular weight is 616 g/mol. The number of hydrogen-bond donors (Lipinski definition) is 2. The second kappa shape index (κ2) is 17.2. The lowest BCUT2D eigenvalue weighted by Crippen LogP contribution is -2.32. The van der Waals surface area contributed by atoms with Crippen molar-refractivity contribution in [3.63, 3.8) is 0 Å². The molecule has 0 aromatic heterocycles. The maximum Gasteiger partial charge on any atom is 0.340 e. The first kappa shape index (κ1) is 35.2. The molecule has 8 heteroatoms. The highest BCUT2D eigenvalue weighted by Gasteiger charge is 2.21. The van der Waals surface area contributed by atoms with Crippen LogP contribution in [0.5, 0.6) is 0 Å². The van der Waals surface area contributed by atoms with Gasteiger partial charge in [-0.15, -0.1) is 0 Å². The first-order valence-corrected chi connectivity index (χ1v) is 15.9. The van der Waals surface area contributed by atoms with Gasteiger partial charge in [0.2, 0.25) is 6.79 Å². The number of ether oxygens (including phenoxy) is 2. The summed E-state index contributed by atoms with van der Waals surface area (Å²) in [5, 5.41) is 6.00. The molecule has 0 fully saturated rings. The molecule has 0 spiro atoms. The lowest BCUT2D eigenvalue weighted by atomic mass is 9.92. The van der Waals surface area contributed by atoms with Crippen molar-refractivity contribution in [1.29, 1.82) is 0 Å². The van der Waals surface area contributed by atoms with E-state index in [2.05, 4.69) is 43.2 Å². The van der Waals surface area contributed by atoms with Crippen LogP contribution >= 0.6 is 0 Å². The van der Waals surface area contributed by atoms with Gasteiger partial charge >= 0.3 is 18.0 Å². The molecular formula is C37H49N3O5. The van der Waals surface area contributed by atoms with E-state index in [0.717, 1.165) is 41.9 Å². The van der Waals surface area contributed by atoms with Crippen molar-refractivity contribution in [1.82, 2.24) is 0 Å². The lowest BCUT2D eigenvalue weighted by molar-refractivity contribution is -0.152. The first-order chi connectivity index (χ1) is 21.5. The van der Waals surface area contributed by atoms with E-state index in [1.807, 2.05) is 75.4 Å². The van der Waals surface area contributed by atoms with E-state index >= 15 is 0 Å². The Kier molecular flexibility index (Phi) is 13.5. The molecule has 3 rings (SSSR count). The van der Waals surface area contributed by atoms with Crippen LogP contribution in [0.4, 0.5) is 21.9 Å². The van der Waals surface area contributed by atoms with Gasteiger partial charge in [-0.3, -0.25) is 4.79 Å². The van der Waals surface area contributed by atoms with Gasteiger partial charge in [0.25, 0.3) is 0 Å². The molecule has 0 heterocycles. The van der Waals surface area contributed by atoms with Crippen molar-refractivity contribution in [3.8, 4) is 0 Å². The largest absolute Gasteiger partial charge is 0.428 e. The SMILES string of the molecule is CCc1ccc(C(=O)OCOC(=O)C[C@H](CC)c2ccc(N(CC(C)C)CC(C)C)c(NC(=O)Nc3ccc(C)cc3)c2)cc1. The van der Waals surface area contributed by atoms with Gasteiger partial charge in [-0.25, -0.2) is 9.59 Å². The van der Waals surface area contributed by atoms with E-state index in [9.17, 15) is 14.4 Å². The molecule has 0 bridgehead atoms. The quantitative estimate of drug-likeness (QED) is 0.131. The molecule has 45 heavy (non-hydrogen) atoms. The second-order valence-corrected chi connectivity index (χ2v) is 12.3. The molecule has 0 saturated heterocycles. The first-order valence-electron chi connectivity index (χ1n) is 15.9. The summed E-state index contributed by atoms with van der Waals surface area (Å²) in [4.78, 5) is 40.6. The Morgan fingerprint density at radius 1 is 0.800 bits per heavy atom. The standard InChI is InChI=1S/C37H49N3O5/c1-8-28-12-14-30(15-13-28)36(42)45-24-44-35(41)21-29(9-2)31-16-19-34(40(22-25(3)4)23-26(5)6)33(20-31)39-37(43)38-32-17-10-27(7)11-18-32/h10-20,25-26,29H,8-9,21-24H2,1-7H3,(H2,38,39,43)/t29-/m0/s1. The zero-order valence-electron chi connectivity index (χ0n) is 27.8. The third-order valence-corrected chi connectivity index (χ3v) is 7.48. The molecule has 0 aliphatic carbocycles. The van der Waals surface area contributed by atoms with Crippen molar-refractivity contribution in [2.24, 2.45) is 11.8 Å². The maximum absolute atomic E-state index is 13.2. The van der Waals surface area contributed by atoms with Crippen molar-refractivity contribution in [2.45, 2.75) is 73.6 Å². The number of rotatable bonds is 15. The van der Waals surface area contributed by atoms with Gasteiger partial charge in [0.05, 0.1) is 23.4 Å². The molecule has 3 aromatic rings. The fraction of sp³-hybridized carbons (Fsp3) is 0.432. The van der Waals surface area contributed by atoms with Crippen LogP contribution in [-0.2, 0) is 20.7 Å². The van der Waals surface area contributed by atoms with Crippen LogP contribution in [0.1, 0.15) is 87.4 Å². The van der Waals surface area contributed by atoms with Gasteiger partial charge < -0.3 is 25.0 Å². The third-order valence-electron chi connectivity index (χ3n) is 7.48. The Labute approximate surface area is 268 Å². The van der Waals surface area contributed by atoms with Crippen molar-refractivity contribution >= 4 is 35.0 Å². The molecule has 0 unspecified atom stereocenters. The number of benzene rings is 3. The highest BCUT2D eigenvalue weighted by atomic mass is 16.7. The summed E-state index contributed by atoms with van der Waals surface area (Å²) in [5.74, 6) is -0.331. The zero-order valence-corrected chi connectivity index (χ0v) is 27.8. The number of urea groups is 1. The number of amides is 2. The summed E-state index contributed by atoms with van der Waals surface area (Å²) < 4.78 is 10.5. The molecule has 0 radical (unpaired) electrons. The Morgan fingerprint density at radius 3 is 2.02 bits per heavy atom. The van der Waals surface area contributed by atoms with Crippen LogP contribution in [0.2, 0.25) is 0 Å². The summed E-state index contributed by atoms with van der Waals surface area (Å²) in [6, 6.07) is 20.5. The van der Waals surface area contributed by atoms with E-state index in [0.29, 0.717) is 35.2 Å². The highest BCUT2D eigenvalue weighted by molar-refractivity contribution is 6.02. The Bertz CT molecular complexity index is 1390. The summed E-state index contributed by atoms with van der Waals surface area (Å²) >= 11 is 0. The van der Waals surface area contributed by atoms with Gasteiger partial charge in [-0.1, -0.05) is 77.4 Å².